The van der Waals surface area contributed by atoms with Gasteiger partial charge in [-0.15, -0.1) is 0 Å². The number of nitrogens with zero attached hydrogens (tertiary/aromatic N) is 1. The summed E-state index contributed by atoms with van der Waals surface area (Å²) in [6.07, 6.45) is 4.84. The smallest absolute Gasteiger partial charge is 0.0998 e. The van der Waals surface area contributed by atoms with Crippen molar-refractivity contribution in [2.75, 3.05) is 12.4 Å². The average molecular weight is 279 g/mol. The third-order valence-electron chi connectivity index (χ3n) is 4.54. The molecule has 1 fully saturated rings. The molecule has 1 aliphatic carbocycles. The minimum Gasteiger partial charge on any atom is -0.382 e. The van der Waals surface area contributed by atoms with Gasteiger partial charge in [-0.1, -0.05) is 24.3 Å². The van der Waals surface area contributed by atoms with Crippen molar-refractivity contribution >= 4 is 16.5 Å². The van der Waals surface area contributed by atoms with E-state index >= 15 is 0 Å². The standard InChI is InChI=1S/C18H21N3/c1-20-14-7-9-15(10-8-14)21-18-11-6-13(12-19)16-4-2-3-5-17(16)18/h2-6,11,14-15,20-21H,7-10H2,1H3. The maximum Gasteiger partial charge on any atom is 0.0998 e. The molecule has 0 amide bonds. The van der Waals surface area contributed by atoms with Gasteiger partial charge >= 0.3 is 0 Å². The van der Waals surface area contributed by atoms with Gasteiger partial charge in [0.15, 0.2) is 0 Å². The van der Waals surface area contributed by atoms with Gasteiger partial charge in [0.25, 0.3) is 0 Å². The summed E-state index contributed by atoms with van der Waals surface area (Å²) < 4.78 is 0. The molecule has 0 saturated heterocycles. The van der Waals surface area contributed by atoms with Crippen LogP contribution in [-0.4, -0.2) is 19.1 Å². The maximum absolute atomic E-state index is 9.23. The highest BCUT2D eigenvalue weighted by Crippen LogP contribution is 2.29. The minimum atomic E-state index is 0.533. The number of benzene rings is 2. The summed E-state index contributed by atoms with van der Waals surface area (Å²) >= 11 is 0. The highest BCUT2D eigenvalue weighted by Gasteiger charge is 2.20. The Hall–Kier alpha value is -2.05. The lowest BCUT2D eigenvalue weighted by molar-refractivity contribution is 0.371. The van der Waals surface area contributed by atoms with E-state index in [2.05, 4.69) is 22.8 Å². The summed E-state index contributed by atoms with van der Waals surface area (Å²) in [5, 5.41) is 18.5. The van der Waals surface area contributed by atoms with Gasteiger partial charge in [0.05, 0.1) is 11.6 Å². The van der Waals surface area contributed by atoms with E-state index in [1.807, 2.05) is 37.4 Å². The second-order valence-corrected chi connectivity index (χ2v) is 5.80. The van der Waals surface area contributed by atoms with Gasteiger partial charge in [0, 0.05) is 28.5 Å². The van der Waals surface area contributed by atoms with E-state index in [9.17, 15) is 5.26 Å². The Morgan fingerprint density at radius 3 is 2.29 bits per heavy atom. The Kier molecular flexibility index (Phi) is 4.08. The first-order valence-corrected chi connectivity index (χ1v) is 7.67. The number of hydrogen-bond acceptors (Lipinski definition) is 3. The summed E-state index contributed by atoms with van der Waals surface area (Å²) in [5.41, 5.74) is 1.90. The van der Waals surface area contributed by atoms with Crippen molar-refractivity contribution in [2.45, 2.75) is 37.8 Å². The average Bonchev–Trinajstić information content (AvgIpc) is 2.56. The molecule has 2 aromatic rings. The number of nitriles is 1. The summed E-state index contributed by atoms with van der Waals surface area (Å²) in [5.74, 6) is 0. The first kappa shape index (κ1) is 13.9. The normalized spacial score (nSPS) is 21.9. The van der Waals surface area contributed by atoms with Gasteiger partial charge in [0.1, 0.15) is 0 Å². The van der Waals surface area contributed by atoms with Crippen LogP contribution in [0.15, 0.2) is 36.4 Å². The molecule has 1 saturated carbocycles. The van der Waals surface area contributed by atoms with Crippen LogP contribution in [0.4, 0.5) is 5.69 Å². The van der Waals surface area contributed by atoms with Crippen LogP contribution < -0.4 is 10.6 Å². The van der Waals surface area contributed by atoms with Crippen LogP contribution in [0.25, 0.3) is 10.8 Å². The number of nitrogens with one attached hydrogen (secondary N) is 2. The largest absolute Gasteiger partial charge is 0.382 e. The SMILES string of the molecule is CNC1CCC(Nc2ccc(C#N)c3ccccc23)CC1. The Morgan fingerprint density at radius 1 is 0.952 bits per heavy atom. The summed E-state index contributed by atoms with van der Waals surface area (Å²) in [4.78, 5) is 0. The van der Waals surface area contributed by atoms with Crippen molar-refractivity contribution in [3.05, 3.63) is 42.0 Å². The Bertz CT molecular complexity index is 664. The Labute approximate surface area is 126 Å². The second kappa shape index (κ2) is 6.15. The summed E-state index contributed by atoms with van der Waals surface area (Å²) in [7, 11) is 2.05. The van der Waals surface area contributed by atoms with E-state index < -0.39 is 0 Å². The maximum atomic E-state index is 9.23. The van der Waals surface area contributed by atoms with Gasteiger partial charge in [-0.05, 0) is 44.9 Å². The third kappa shape index (κ3) is 2.86. The predicted octanol–water partition coefficient (Wildman–Crippen LogP) is 3.65. The topological polar surface area (TPSA) is 47.8 Å². The molecule has 3 nitrogen and oxygen atoms in total. The quantitative estimate of drug-likeness (QED) is 0.901. The van der Waals surface area contributed by atoms with Crippen molar-refractivity contribution in [3.8, 4) is 6.07 Å². The van der Waals surface area contributed by atoms with Crippen LogP contribution >= 0.6 is 0 Å². The summed E-state index contributed by atoms with van der Waals surface area (Å²) in [6, 6.07) is 15.6. The molecule has 0 unspecified atom stereocenters. The first-order valence-electron chi connectivity index (χ1n) is 7.67. The molecule has 21 heavy (non-hydrogen) atoms. The Morgan fingerprint density at radius 2 is 1.62 bits per heavy atom. The third-order valence-corrected chi connectivity index (χ3v) is 4.54. The number of fused-ring (bicyclic) bond motifs is 1. The minimum absolute atomic E-state index is 0.533. The number of hydrogen-bond donors (Lipinski definition) is 2. The first-order chi connectivity index (χ1) is 10.3. The van der Waals surface area contributed by atoms with E-state index in [0.717, 1.165) is 22.0 Å². The van der Waals surface area contributed by atoms with Gasteiger partial charge in [-0.3, -0.25) is 0 Å². The van der Waals surface area contributed by atoms with Crippen molar-refractivity contribution < 1.29 is 0 Å². The number of rotatable bonds is 3. The van der Waals surface area contributed by atoms with E-state index in [1.54, 1.807) is 0 Å². The van der Waals surface area contributed by atoms with Gasteiger partial charge < -0.3 is 10.6 Å². The molecule has 0 aromatic heterocycles. The predicted molar refractivity (Wildman–Crippen MR) is 87.4 cm³/mol. The lowest BCUT2D eigenvalue weighted by atomic mass is 9.91. The fourth-order valence-electron chi connectivity index (χ4n) is 3.27. The molecule has 0 aliphatic heterocycles. The fraction of sp³-hybridized carbons (Fsp3) is 0.389. The van der Waals surface area contributed by atoms with Gasteiger partial charge in [-0.2, -0.15) is 5.26 Å². The van der Waals surface area contributed by atoms with E-state index in [0.29, 0.717) is 12.1 Å². The zero-order valence-electron chi connectivity index (χ0n) is 12.4. The van der Waals surface area contributed by atoms with Crippen LogP contribution in [0.3, 0.4) is 0 Å². The second-order valence-electron chi connectivity index (χ2n) is 5.80. The monoisotopic (exact) mass is 279 g/mol. The lowest BCUT2D eigenvalue weighted by Crippen LogP contribution is -2.35. The Balaban J connectivity index is 1.84. The van der Waals surface area contributed by atoms with Crippen LogP contribution in [0.2, 0.25) is 0 Å². The van der Waals surface area contributed by atoms with Crippen LogP contribution in [0, 0.1) is 11.3 Å². The lowest BCUT2D eigenvalue weighted by Gasteiger charge is -2.30. The van der Waals surface area contributed by atoms with Gasteiger partial charge in [-0.25, -0.2) is 0 Å². The zero-order chi connectivity index (χ0) is 14.7. The molecule has 1 aliphatic rings. The molecule has 2 aromatic carbocycles. The van der Waals surface area contributed by atoms with Crippen LogP contribution in [0.5, 0.6) is 0 Å². The molecular formula is C18H21N3. The van der Waals surface area contributed by atoms with E-state index in [-0.39, 0.29) is 0 Å². The van der Waals surface area contributed by atoms with Crippen molar-refractivity contribution in [2.24, 2.45) is 0 Å². The molecule has 108 valence electrons. The fourth-order valence-corrected chi connectivity index (χ4v) is 3.27. The highest BCUT2D eigenvalue weighted by atomic mass is 14.9. The molecule has 0 bridgehead atoms. The molecule has 3 heteroatoms. The molecule has 0 radical (unpaired) electrons. The summed E-state index contributed by atoms with van der Waals surface area (Å²) in [6.45, 7) is 0. The van der Waals surface area contributed by atoms with E-state index in [4.69, 9.17) is 0 Å². The van der Waals surface area contributed by atoms with E-state index in [1.165, 1.54) is 25.7 Å². The zero-order valence-corrected chi connectivity index (χ0v) is 12.4. The molecular weight excluding hydrogens is 258 g/mol. The molecule has 2 N–H and O–H groups in total. The highest BCUT2D eigenvalue weighted by molar-refractivity contribution is 5.97. The van der Waals surface area contributed by atoms with Crippen molar-refractivity contribution in [1.82, 2.24) is 5.32 Å². The molecule has 3 rings (SSSR count). The number of anilines is 1. The van der Waals surface area contributed by atoms with Crippen LogP contribution in [-0.2, 0) is 0 Å². The van der Waals surface area contributed by atoms with Gasteiger partial charge in [0.2, 0.25) is 0 Å². The molecule has 0 heterocycles. The van der Waals surface area contributed by atoms with Crippen molar-refractivity contribution in [3.63, 3.8) is 0 Å². The molecule has 0 spiro atoms. The van der Waals surface area contributed by atoms with Crippen LogP contribution in [0.1, 0.15) is 31.2 Å². The molecule has 0 atom stereocenters. The van der Waals surface area contributed by atoms with Crippen molar-refractivity contribution in [1.29, 1.82) is 5.26 Å².